The van der Waals surface area contributed by atoms with Crippen molar-refractivity contribution in [3.05, 3.63) is 65.0 Å². The van der Waals surface area contributed by atoms with Crippen LogP contribution in [0, 0.1) is 5.82 Å². The lowest BCUT2D eigenvalue weighted by atomic mass is 9.99. The summed E-state index contributed by atoms with van der Waals surface area (Å²) in [7, 11) is 0. The molecule has 2 rings (SSSR count). The van der Waals surface area contributed by atoms with Crippen LogP contribution in [0.25, 0.3) is 0 Å². The van der Waals surface area contributed by atoms with Gasteiger partial charge >= 0.3 is 0 Å². The molecule has 23 heavy (non-hydrogen) atoms. The molecule has 0 N–H and O–H groups in total. The zero-order valence-electron chi connectivity index (χ0n) is 13.1. The number of hydrogen-bond acceptors (Lipinski definition) is 2. The number of aryl methyl sites for hydroxylation is 1. The highest BCUT2D eigenvalue weighted by atomic mass is 79.9. The Morgan fingerprint density at radius 1 is 1.13 bits per heavy atom. The third kappa shape index (κ3) is 4.90. The zero-order valence-corrected chi connectivity index (χ0v) is 14.7. The van der Waals surface area contributed by atoms with Crippen molar-refractivity contribution in [3.8, 4) is 5.75 Å². The summed E-state index contributed by atoms with van der Waals surface area (Å²) in [6.07, 6.45) is 2.76. The van der Waals surface area contributed by atoms with Crippen LogP contribution in [0.2, 0.25) is 0 Å². The molecule has 4 heteroatoms. The number of carbonyl (C=O) groups excluding carboxylic acids is 1. The van der Waals surface area contributed by atoms with E-state index in [0.717, 1.165) is 35.9 Å². The lowest BCUT2D eigenvalue weighted by Crippen LogP contribution is -2.05. The Labute approximate surface area is 144 Å². The van der Waals surface area contributed by atoms with Crippen molar-refractivity contribution >= 4 is 21.7 Å². The number of rotatable bonds is 8. The van der Waals surface area contributed by atoms with Crippen LogP contribution in [-0.2, 0) is 6.42 Å². The van der Waals surface area contributed by atoms with E-state index in [2.05, 4.69) is 22.9 Å². The Morgan fingerprint density at radius 2 is 1.83 bits per heavy atom. The van der Waals surface area contributed by atoms with Gasteiger partial charge in [0.1, 0.15) is 11.6 Å². The predicted molar refractivity (Wildman–Crippen MR) is 94.2 cm³/mol. The minimum Gasteiger partial charge on any atom is -0.493 e. The van der Waals surface area contributed by atoms with E-state index in [1.54, 1.807) is 6.07 Å². The van der Waals surface area contributed by atoms with E-state index in [1.165, 1.54) is 24.3 Å². The maximum absolute atomic E-state index is 13.0. The third-order valence-corrected chi connectivity index (χ3v) is 4.04. The summed E-state index contributed by atoms with van der Waals surface area (Å²) in [6, 6.07) is 11.1. The SMILES string of the molecule is CCCc1cc(C(=O)c2ccc(F)cc2)ccc1OCCCBr. The second-order valence-electron chi connectivity index (χ2n) is 5.30. The van der Waals surface area contributed by atoms with Crippen LogP contribution in [0.1, 0.15) is 41.3 Å². The van der Waals surface area contributed by atoms with Crippen LogP contribution in [0.5, 0.6) is 5.75 Å². The van der Waals surface area contributed by atoms with Gasteiger partial charge in [-0.25, -0.2) is 4.39 Å². The van der Waals surface area contributed by atoms with Gasteiger partial charge in [0.2, 0.25) is 0 Å². The summed E-state index contributed by atoms with van der Waals surface area (Å²) in [5, 5.41) is 0.900. The Hall–Kier alpha value is -1.68. The molecule has 0 saturated carbocycles. The van der Waals surface area contributed by atoms with Crippen molar-refractivity contribution in [2.24, 2.45) is 0 Å². The van der Waals surface area contributed by atoms with Gasteiger partial charge in [-0.05, 0) is 60.9 Å². The molecule has 0 radical (unpaired) electrons. The summed E-state index contributed by atoms with van der Waals surface area (Å²) in [5.41, 5.74) is 2.13. The first-order chi connectivity index (χ1) is 11.2. The molecular formula is C19H20BrFO2. The van der Waals surface area contributed by atoms with E-state index in [1.807, 2.05) is 12.1 Å². The highest BCUT2D eigenvalue weighted by Crippen LogP contribution is 2.24. The van der Waals surface area contributed by atoms with Crippen molar-refractivity contribution < 1.29 is 13.9 Å². The summed E-state index contributed by atoms with van der Waals surface area (Å²) in [6.45, 7) is 2.74. The van der Waals surface area contributed by atoms with Gasteiger partial charge in [-0.3, -0.25) is 4.79 Å². The number of ether oxygens (including phenoxy) is 1. The molecule has 0 atom stereocenters. The van der Waals surface area contributed by atoms with Crippen LogP contribution in [-0.4, -0.2) is 17.7 Å². The second kappa shape index (κ2) is 8.82. The first-order valence-corrected chi connectivity index (χ1v) is 8.89. The number of carbonyl (C=O) groups is 1. The molecule has 0 aliphatic heterocycles. The summed E-state index contributed by atoms with van der Waals surface area (Å²) in [5.74, 6) is 0.390. The van der Waals surface area contributed by atoms with Crippen LogP contribution in [0.3, 0.4) is 0 Å². The minimum atomic E-state index is -0.344. The normalized spacial score (nSPS) is 10.6. The second-order valence-corrected chi connectivity index (χ2v) is 6.09. The molecule has 0 aliphatic rings. The van der Waals surface area contributed by atoms with E-state index < -0.39 is 0 Å². The highest BCUT2D eigenvalue weighted by molar-refractivity contribution is 9.09. The van der Waals surface area contributed by atoms with E-state index in [9.17, 15) is 9.18 Å². The summed E-state index contributed by atoms with van der Waals surface area (Å²) < 4.78 is 18.8. The van der Waals surface area contributed by atoms with Gasteiger partial charge in [0, 0.05) is 16.5 Å². The fourth-order valence-corrected chi connectivity index (χ4v) is 2.56. The number of halogens is 2. The number of alkyl halides is 1. The molecule has 2 aromatic carbocycles. The van der Waals surface area contributed by atoms with Gasteiger partial charge in [-0.2, -0.15) is 0 Å². The van der Waals surface area contributed by atoms with E-state index in [0.29, 0.717) is 17.7 Å². The van der Waals surface area contributed by atoms with Crippen molar-refractivity contribution in [2.75, 3.05) is 11.9 Å². The average Bonchev–Trinajstić information content (AvgIpc) is 2.56. The largest absolute Gasteiger partial charge is 0.493 e. The molecule has 2 aromatic rings. The number of benzene rings is 2. The Bertz CT molecular complexity index is 653. The highest BCUT2D eigenvalue weighted by Gasteiger charge is 2.12. The van der Waals surface area contributed by atoms with Crippen LogP contribution < -0.4 is 4.74 Å². The maximum Gasteiger partial charge on any atom is 0.193 e. The van der Waals surface area contributed by atoms with Gasteiger partial charge in [0.05, 0.1) is 6.61 Å². The monoisotopic (exact) mass is 378 g/mol. The molecule has 0 heterocycles. The zero-order chi connectivity index (χ0) is 16.7. The minimum absolute atomic E-state index is 0.102. The molecule has 0 saturated heterocycles. The molecule has 0 amide bonds. The van der Waals surface area contributed by atoms with Crippen molar-refractivity contribution in [1.29, 1.82) is 0 Å². The number of ketones is 1. The predicted octanol–water partition coefficient (Wildman–Crippen LogP) is 5.17. The van der Waals surface area contributed by atoms with E-state index in [-0.39, 0.29) is 11.6 Å². The molecular weight excluding hydrogens is 359 g/mol. The van der Waals surface area contributed by atoms with Crippen LogP contribution >= 0.6 is 15.9 Å². The van der Waals surface area contributed by atoms with Crippen LogP contribution in [0.15, 0.2) is 42.5 Å². The lowest BCUT2D eigenvalue weighted by Gasteiger charge is -2.12. The first-order valence-electron chi connectivity index (χ1n) is 7.77. The van der Waals surface area contributed by atoms with Gasteiger partial charge in [-0.15, -0.1) is 0 Å². The Kier molecular flexibility index (Phi) is 6.78. The Morgan fingerprint density at radius 3 is 2.48 bits per heavy atom. The van der Waals surface area contributed by atoms with Gasteiger partial charge < -0.3 is 4.74 Å². The molecule has 0 unspecified atom stereocenters. The quantitative estimate of drug-likeness (QED) is 0.359. The third-order valence-electron chi connectivity index (χ3n) is 3.48. The molecule has 0 fully saturated rings. The van der Waals surface area contributed by atoms with Gasteiger partial charge in [-0.1, -0.05) is 29.3 Å². The fourth-order valence-electron chi connectivity index (χ4n) is 2.33. The van der Waals surface area contributed by atoms with E-state index >= 15 is 0 Å². The molecule has 0 aliphatic carbocycles. The Balaban J connectivity index is 2.23. The van der Waals surface area contributed by atoms with E-state index in [4.69, 9.17) is 4.74 Å². The topological polar surface area (TPSA) is 26.3 Å². The van der Waals surface area contributed by atoms with Crippen molar-refractivity contribution in [2.45, 2.75) is 26.2 Å². The molecule has 0 bridgehead atoms. The first kappa shape index (κ1) is 17.7. The fraction of sp³-hybridized carbons (Fsp3) is 0.316. The molecule has 2 nitrogen and oxygen atoms in total. The van der Waals surface area contributed by atoms with Crippen molar-refractivity contribution in [3.63, 3.8) is 0 Å². The summed E-state index contributed by atoms with van der Waals surface area (Å²) in [4.78, 5) is 12.5. The lowest BCUT2D eigenvalue weighted by molar-refractivity contribution is 0.103. The van der Waals surface area contributed by atoms with Gasteiger partial charge in [0.15, 0.2) is 5.78 Å². The van der Waals surface area contributed by atoms with Crippen molar-refractivity contribution in [1.82, 2.24) is 0 Å². The molecule has 122 valence electrons. The average molecular weight is 379 g/mol. The smallest absolute Gasteiger partial charge is 0.193 e. The van der Waals surface area contributed by atoms with Gasteiger partial charge in [0.25, 0.3) is 0 Å². The molecule has 0 spiro atoms. The standard InChI is InChI=1S/C19H20BrFO2/c1-2-4-15-13-16(7-10-18(15)23-12-3-11-20)19(22)14-5-8-17(21)9-6-14/h5-10,13H,2-4,11-12H2,1H3. The molecule has 0 aromatic heterocycles. The number of hydrogen-bond donors (Lipinski definition) is 0. The maximum atomic E-state index is 13.0. The summed E-state index contributed by atoms with van der Waals surface area (Å²) >= 11 is 3.38. The van der Waals surface area contributed by atoms with Crippen LogP contribution in [0.4, 0.5) is 4.39 Å².